The summed E-state index contributed by atoms with van der Waals surface area (Å²) in [7, 11) is 0. The largest absolute Gasteiger partial charge is 0.337 e. The van der Waals surface area contributed by atoms with Crippen molar-refractivity contribution in [3.05, 3.63) is 53.3 Å². The molecule has 0 saturated carbocycles. The highest BCUT2D eigenvalue weighted by Gasteiger charge is 2.21. The fourth-order valence-electron chi connectivity index (χ4n) is 3.35. The van der Waals surface area contributed by atoms with E-state index in [0.717, 1.165) is 44.0 Å². The molecule has 0 radical (unpaired) electrons. The zero-order valence-corrected chi connectivity index (χ0v) is 14.8. The van der Waals surface area contributed by atoms with E-state index in [-0.39, 0.29) is 5.91 Å². The van der Waals surface area contributed by atoms with Crippen molar-refractivity contribution in [3.8, 4) is 0 Å². The number of fused-ring (bicyclic) bond motifs is 1. The molecule has 134 valence electrons. The van der Waals surface area contributed by atoms with Crippen molar-refractivity contribution in [2.24, 2.45) is 0 Å². The predicted octanol–water partition coefficient (Wildman–Crippen LogP) is 2.27. The van der Waals surface area contributed by atoms with Gasteiger partial charge in [0.05, 0.1) is 5.69 Å². The first-order chi connectivity index (χ1) is 12.7. The lowest BCUT2D eigenvalue weighted by Crippen LogP contribution is -2.35. The molecule has 0 aliphatic carbocycles. The van der Waals surface area contributed by atoms with E-state index in [1.165, 1.54) is 0 Å². The van der Waals surface area contributed by atoms with E-state index in [0.29, 0.717) is 23.1 Å². The van der Waals surface area contributed by atoms with Crippen molar-refractivity contribution >= 4 is 16.9 Å². The molecule has 1 amide bonds. The number of rotatable bonds is 3. The van der Waals surface area contributed by atoms with Crippen LogP contribution in [0.4, 0.5) is 0 Å². The van der Waals surface area contributed by atoms with Gasteiger partial charge in [0.1, 0.15) is 11.0 Å². The Kier molecular flexibility index (Phi) is 4.62. The molecule has 26 heavy (non-hydrogen) atoms. The average Bonchev–Trinajstić information content (AvgIpc) is 2.99. The molecule has 0 unspecified atom stereocenters. The van der Waals surface area contributed by atoms with Gasteiger partial charge in [0.15, 0.2) is 0 Å². The maximum absolute atomic E-state index is 12.8. The Morgan fingerprint density at radius 1 is 1.08 bits per heavy atom. The van der Waals surface area contributed by atoms with E-state index < -0.39 is 0 Å². The SMILES string of the molecule is Cc1cccc(CN2CCCN(C(=O)c3ccc4nonc4c3)CC2)n1. The van der Waals surface area contributed by atoms with E-state index in [4.69, 9.17) is 4.63 Å². The molecule has 7 heteroatoms. The Bertz CT molecular complexity index is 923. The Hall–Kier alpha value is -2.80. The zero-order chi connectivity index (χ0) is 17.9. The molecule has 1 aromatic carbocycles. The summed E-state index contributed by atoms with van der Waals surface area (Å²) in [5, 5.41) is 7.60. The maximum atomic E-state index is 12.8. The van der Waals surface area contributed by atoms with E-state index in [9.17, 15) is 4.79 Å². The summed E-state index contributed by atoms with van der Waals surface area (Å²) in [5.41, 5.74) is 4.01. The molecule has 2 aromatic heterocycles. The monoisotopic (exact) mass is 351 g/mol. The van der Waals surface area contributed by atoms with Gasteiger partial charge in [-0.3, -0.25) is 14.7 Å². The third kappa shape index (κ3) is 3.57. The summed E-state index contributed by atoms with van der Waals surface area (Å²) in [6.07, 6.45) is 0.950. The second-order valence-corrected chi connectivity index (χ2v) is 6.66. The summed E-state index contributed by atoms with van der Waals surface area (Å²) in [4.78, 5) is 21.7. The lowest BCUT2D eigenvalue weighted by atomic mass is 10.1. The van der Waals surface area contributed by atoms with Crippen LogP contribution < -0.4 is 0 Å². The summed E-state index contributed by atoms with van der Waals surface area (Å²) in [6, 6.07) is 11.4. The topological polar surface area (TPSA) is 75.4 Å². The molecule has 0 N–H and O–H groups in total. The van der Waals surface area contributed by atoms with Gasteiger partial charge in [0, 0.05) is 44.0 Å². The third-order valence-corrected chi connectivity index (χ3v) is 4.71. The van der Waals surface area contributed by atoms with Gasteiger partial charge in [-0.1, -0.05) is 6.07 Å². The van der Waals surface area contributed by atoms with Crippen LogP contribution in [0, 0.1) is 6.92 Å². The Labute approximate surface area is 151 Å². The molecule has 1 fully saturated rings. The molecule has 1 aliphatic heterocycles. The number of hydrogen-bond donors (Lipinski definition) is 0. The average molecular weight is 351 g/mol. The number of benzene rings is 1. The van der Waals surface area contributed by atoms with Crippen LogP contribution in [-0.4, -0.2) is 57.2 Å². The van der Waals surface area contributed by atoms with Crippen molar-refractivity contribution in [2.45, 2.75) is 19.9 Å². The van der Waals surface area contributed by atoms with Gasteiger partial charge in [0.2, 0.25) is 0 Å². The summed E-state index contributed by atoms with van der Waals surface area (Å²) < 4.78 is 4.71. The number of aryl methyl sites for hydroxylation is 1. The molecule has 1 aliphatic rings. The van der Waals surface area contributed by atoms with Crippen molar-refractivity contribution in [1.82, 2.24) is 25.1 Å². The number of hydrogen-bond acceptors (Lipinski definition) is 6. The van der Waals surface area contributed by atoms with Gasteiger partial charge in [-0.15, -0.1) is 0 Å². The van der Waals surface area contributed by atoms with Crippen LogP contribution in [0.1, 0.15) is 28.2 Å². The molecule has 7 nitrogen and oxygen atoms in total. The van der Waals surface area contributed by atoms with Gasteiger partial charge >= 0.3 is 0 Å². The number of pyridine rings is 1. The van der Waals surface area contributed by atoms with Crippen molar-refractivity contribution < 1.29 is 9.42 Å². The summed E-state index contributed by atoms with van der Waals surface area (Å²) in [6.45, 7) is 6.10. The number of carbonyl (C=O) groups is 1. The Morgan fingerprint density at radius 2 is 1.96 bits per heavy atom. The van der Waals surface area contributed by atoms with E-state index in [1.54, 1.807) is 18.2 Å². The molecule has 3 aromatic rings. The van der Waals surface area contributed by atoms with Crippen molar-refractivity contribution in [1.29, 1.82) is 0 Å². The molecular formula is C19H21N5O2. The van der Waals surface area contributed by atoms with Crippen LogP contribution >= 0.6 is 0 Å². The summed E-state index contributed by atoms with van der Waals surface area (Å²) >= 11 is 0. The Balaban J connectivity index is 1.41. The second-order valence-electron chi connectivity index (χ2n) is 6.66. The number of nitrogens with zero attached hydrogens (tertiary/aromatic N) is 5. The number of carbonyl (C=O) groups excluding carboxylic acids is 1. The van der Waals surface area contributed by atoms with Crippen LogP contribution in [0.5, 0.6) is 0 Å². The molecule has 0 spiro atoms. The van der Waals surface area contributed by atoms with E-state index in [1.807, 2.05) is 24.0 Å². The van der Waals surface area contributed by atoms with Gasteiger partial charge < -0.3 is 4.90 Å². The highest BCUT2D eigenvalue weighted by atomic mass is 16.6. The first-order valence-electron chi connectivity index (χ1n) is 8.85. The smallest absolute Gasteiger partial charge is 0.253 e. The fourth-order valence-corrected chi connectivity index (χ4v) is 3.35. The zero-order valence-electron chi connectivity index (χ0n) is 14.8. The van der Waals surface area contributed by atoms with E-state index >= 15 is 0 Å². The minimum Gasteiger partial charge on any atom is -0.337 e. The maximum Gasteiger partial charge on any atom is 0.253 e. The fraction of sp³-hybridized carbons (Fsp3) is 0.368. The van der Waals surface area contributed by atoms with Crippen LogP contribution in [0.2, 0.25) is 0 Å². The summed E-state index contributed by atoms with van der Waals surface area (Å²) in [5.74, 6) is 0.0328. The second kappa shape index (κ2) is 7.21. The lowest BCUT2D eigenvalue weighted by molar-refractivity contribution is 0.0761. The highest BCUT2D eigenvalue weighted by molar-refractivity contribution is 5.97. The predicted molar refractivity (Wildman–Crippen MR) is 96.6 cm³/mol. The molecule has 0 atom stereocenters. The normalized spacial score (nSPS) is 16.0. The Morgan fingerprint density at radius 3 is 2.85 bits per heavy atom. The third-order valence-electron chi connectivity index (χ3n) is 4.71. The highest BCUT2D eigenvalue weighted by Crippen LogP contribution is 2.15. The molecule has 0 bridgehead atoms. The minimum absolute atomic E-state index is 0.0328. The number of aromatic nitrogens is 3. The minimum atomic E-state index is 0.0328. The molecular weight excluding hydrogens is 330 g/mol. The lowest BCUT2D eigenvalue weighted by Gasteiger charge is -2.22. The van der Waals surface area contributed by atoms with E-state index in [2.05, 4.69) is 26.3 Å². The number of amides is 1. The van der Waals surface area contributed by atoms with Gasteiger partial charge in [-0.2, -0.15) is 0 Å². The van der Waals surface area contributed by atoms with Crippen molar-refractivity contribution in [2.75, 3.05) is 26.2 Å². The molecule has 4 rings (SSSR count). The standard InChI is InChI=1S/C19H21N5O2/c1-14-4-2-5-16(20-14)13-23-8-3-9-24(11-10-23)19(25)15-6-7-17-18(12-15)22-26-21-17/h2,4-7,12H,3,8-11,13H2,1H3. The first kappa shape index (κ1) is 16.7. The van der Waals surface area contributed by atoms with Crippen LogP contribution in [0.15, 0.2) is 41.0 Å². The van der Waals surface area contributed by atoms with Gasteiger partial charge in [-0.25, -0.2) is 4.63 Å². The van der Waals surface area contributed by atoms with Crippen LogP contribution in [0.25, 0.3) is 11.0 Å². The van der Waals surface area contributed by atoms with Gasteiger partial charge in [-0.05, 0) is 54.0 Å². The van der Waals surface area contributed by atoms with Crippen LogP contribution in [-0.2, 0) is 6.54 Å². The molecule has 1 saturated heterocycles. The molecule has 3 heterocycles. The first-order valence-corrected chi connectivity index (χ1v) is 8.85. The quantitative estimate of drug-likeness (QED) is 0.721. The van der Waals surface area contributed by atoms with Gasteiger partial charge in [0.25, 0.3) is 5.91 Å². The van der Waals surface area contributed by atoms with Crippen LogP contribution in [0.3, 0.4) is 0 Å². The van der Waals surface area contributed by atoms with Crippen molar-refractivity contribution in [3.63, 3.8) is 0 Å².